The summed E-state index contributed by atoms with van der Waals surface area (Å²) in [6.07, 6.45) is 4.49. The molecule has 0 amide bonds. The summed E-state index contributed by atoms with van der Waals surface area (Å²) in [7, 11) is 1.25. The van der Waals surface area contributed by atoms with Gasteiger partial charge < -0.3 is 9.14 Å². The number of fused-ring (bicyclic) bond motifs is 1. The lowest BCUT2D eigenvalue weighted by Crippen LogP contribution is -2.04. The van der Waals surface area contributed by atoms with Crippen molar-refractivity contribution in [1.82, 2.24) is 9.38 Å². The molecule has 0 atom stereocenters. The Morgan fingerprint density at radius 3 is 3.14 bits per heavy atom. The zero-order valence-corrected chi connectivity index (χ0v) is 7.40. The van der Waals surface area contributed by atoms with E-state index in [4.69, 9.17) is 0 Å². The molecule has 2 aromatic rings. The minimum atomic E-state index is -0.570. The van der Waals surface area contributed by atoms with Gasteiger partial charge in [-0.1, -0.05) is 0 Å². The Hall–Kier alpha value is -1.91. The van der Waals surface area contributed by atoms with Crippen molar-refractivity contribution >= 4 is 11.6 Å². The van der Waals surface area contributed by atoms with Gasteiger partial charge in [-0.2, -0.15) is 0 Å². The highest BCUT2D eigenvalue weighted by Gasteiger charge is 2.10. The van der Waals surface area contributed by atoms with Crippen molar-refractivity contribution < 1.29 is 13.9 Å². The van der Waals surface area contributed by atoms with Crippen LogP contribution in [0.5, 0.6) is 0 Å². The van der Waals surface area contributed by atoms with Crippen molar-refractivity contribution in [3.05, 3.63) is 36.0 Å². The molecule has 14 heavy (non-hydrogen) atoms. The molecule has 2 aromatic heterocycles. The molecule has 2 heterocycles. The van der Waals surface area contributed by atoms with Crippen LogP contribution in [0.15, 0.2) is 24.7 Å². The van der Waals surface area contributed by atoms with Crippen molar-refractivity contribution in [3.63, 3.8) is 0 Å². The quantitative estimate of drug-likeness (QED) is 0.642. The molecule has 0 saturated heterocycles. The number of hydrogen-bond donors (Lipinski definition) is 0. The van der Waals surface area contributed by atoms with Gasteiger partial charge >= 0.3 is 5.97 Å². The van der Waals surface area contributed by atoms with Crippen LogP contribution in [0.25, 0.3) is 5.65 Å². The number of rotatable bonds is 1. The normalized spacial score (nSPS) is 10.4. The van der Waals surface area contributed by atoms with Crippen LogP contribution in [0.1, 0.15) is 10.4 Å². The van der Waals surface area contributed by atoms with Gasteiger partial charge in [-0.3, -0.25) is 0 Å². The fourth-order valence-corrected chi connectivity index (χ4v) is 1.22. The number of hydrogen-bond acceptors (Lipinski definition) is 3. The predicted octanol–water partition coefficient (Wildman–Crippen LogP) is 1.26. The van der Waals surface area contributed by atoms with Crippen LogP contribution >= 0.6 is 0 Å². The van der Waals surface area contributed by atoms with E-state index in [9.17, 15) is 9.18 Å². The largest absolute Gasteiger partial charge is 0.465 e. The van der Waals surface area contributed by atoms with E-state index in [0.717, 1.165) is 6.07 Å². The van der Waals surface area contributed by atoms with Crippen molar-refractivity contribution in [2.24, 2.45) is 0 Å². The summed E-state index contributed by atoms with van der Waals surface area (Å²) in [5, 5.41) is 0. The summed E-state index contributed by atoms with van der Waals surface area (Å²) in [5.74, 6) is -1.11. The second-order valence-corrected chi connectivity index (χ2v) is 2.73. The number of imidazole rings is 1. The van der Waals surface area contributed by atoms with Gasteiger partial charge in [0.15, 0.2) is 11.5 Å². The summed E-state index contributed by atoms with van der Waals surface area (Å²) in [6, 6.07) is 1.11. The topological polar surface area (TPSA) is 43.6 Å². The number of methoxy groups -OCH3 is 1. The SMILES string of the molecule is COC(=O)c1cc(F)c2nccn2c1. The summed E-state index contributed by atoms with van der Waals surface area (Å²) >= 11 is 0. The minimum Gasteiger partial charge on any atom is -0.465 e. The lowest BCUT2D eigenvalue weighted by Gasteiger charge is -2.00. The summed E-state index contributed by atoms with van der Waals surface area (Å²) in [6.45, 7) is 0. The van der Waals surface area contributed by atoms with Gasteiger partial charge in [0.1, 0.15) is 0 Å². The zero-order chi connectivity index (χ0) is 10.1. The summed E-state index contributed by atoms with van der Waals surface area (Å²) in [4.78, 5) is 14.9. The third kappa shape index (κ3) is 1.22. The zero-order valence-electron chi connectivity index (χ0n) is 7.40. The molecule has 0 aliphatic carbocycles. The van der Waals surface area contributed by atoms with Gasteiger partial charge in [0, 0.05) is 18.6 Å². The molecule has 0 radical (unpaired) electrons. The van der Waals surface area contributed by atoms with Gasteiger partial charge in [0.25, 0.3) is 0 Å². The lowest BCUT2D eigenvalue weighted by atomic mass is 10.3. The van der Waals surface area contributed by atoms with Gasteiger partial charge in [-0.05, 0) is 6.07 Å². The highest BCUT2D eigenvalue weighted by Crippen LogP contribution is 2.10. The molecule has 0 N–H and O–H groups in total. The number of carbonyl (C=O) groups excluding carboxylic acids is 1. The van der Waals surface area contributed by atoms with Crippen LogP contribution in [-0.4, -0.2) is 22.5 Å². The Kier molecular flexibility index (Phi) is 1.92. The fraction of sp³-hybridized carbons (Fsp3) is 0.111. The Labute approximate surface area is 78.9 Å². The minimum absolute atomic E-state index is 0.163. The molecule has 0 unspecified atom stereocenters. The molecule has 0 fully saturated rings. The van der Waals surface area contributed by atoms with Crippen LogP contribution in [-0.2, 0) is 4.74 Å². The van der Waals surface area contributed by atoms with Crippen LogP contribution in [0.3, 0.4) is 0 Å². The third-order valence-electron chi connectivity index (χ3n) is 1.86. The molecular formula is C9H7FN2O2. The third-order valence-corrected chi connectivity index (χ3v) is 1.86. The molecule has 0 saturated carbocycles. The molecule has 0 spiro atoms. The van der Waals surface area contributed by atoms with Crippen LogP contribution in [0.4, 0.5) is 4.39 Å². The highest BCUT2D eigenvalue weighted by atomic mass is 19.1. The average molecular weight is 194 g/mol. The first kappa shape index (κ1) is 8.68. The van der Waals surface area contributed by atoms with Crippen LogP contribution in [0, 0.1) is 5.82 Å². The Morgan fingerprint density at radius 2 is 2.43 bits per heavy atom. The van der Waals surface area contributed by atoms with Crippen molar-refractivity contribution in [2.75, 3.05) is 7.11 Å². The van der Waals surface area contributed by atoms with Gasteiger partial charge in [-0.25, -0.2) is 14.2 Å². The second kappa shape index (κ2) is 3.10. The van der Waals surface area contributed by atoms with E-state index in [1.165, 1.54) is 23.9 Å². The fourth-order valence-electron chi connectivity index (χ4n) is 1.22. The molecule has 0 aromatic carbocycles. The van der Waals surface area contributed by atoms with E-state index in [1.807, 2.05) is 0 Å². The predicted molar refractivity (Wildman–Crippen MR) is 46.5 cm³/mol. The standard InChI is InChI=1S/C9H7FN2O2/c1-14-9(13)6-4-7(10)8-11-2-3-12(8)5-6/h2-5H,1H3. The Morgan fingerprint density at radius 1 is 1.64 bits per heavy atom. The molecule has 0 aliphatic rings. The average Bonchev–Trinajstić information content (AvgIpc) is 2.64. The van der Waals surface area contributed by atoms with Gasteiger partial charge in [0.2, 0.25) is 0 Å². The van der Waals surface area contributed by atoms with Crippen molar-refractivity contribution in [2.45, 2.75) is 0 Å². The maximum Gasteiger partial charge on any atom is 0.339 e. The summed E-state index contributed by atoms with van der Waals surface area (Å²) < 4.78 is 19.2. The van der Waals surface area contributed by atoms with Crippen LogP contribution in [0.2, 0.25) is 0 Å². The number of esters is 1. The molecule has 2 rings (SSSR count). The molecule has 0 bridgehead atoms. The number of nitrogens with zero attached hydrogens (tertiary/aromatic N) is 2. The first-order valence-electron chi connectivity index (χ1n) is 3.93. The molecule has 5 heteroatoms. The van der Waals surface area contributed by atoms with Crippen molar-refractivity contribution in [3.8, 4) is 0 Å². The molecule has 4 nitrogen and oxygen atoms in total. The van der Waals surface area contributed by atoms with E-state index in [2.05, 4.69) is 9.72 Å². The van der Waals surface area contributed by atoms with E-state index in [1.54, 1.807) is 6.20 Å². The molecule has 72 valence electrons. The van der Waals surface area contributed by atoms with E-state index in [0.29, 0.717) is 0 Å². The van der Waals surface area contributed by atoms with Crippen molar-refractivity contribution in [1.29, 1.82) is 0 Å². The highest BCUT2D eigenvalue weighted by molar-refractivity contribution is 5.89. The number of ether oxygens (including phenoxy) is 1. The number of pyridine rings is 1. The van der Waals surface area contributed by atoms with Gasteiger partial charge in [-0.15, -0.1) is 0 Å². The monoisotopic (exact) mass is 194 g/mol. The number of halogens is 1. The second-order valence-electron chi connectivity index (χ2n) is 2.73. The molecule has 0 aliphatic heterocycles. The van der Waals surface area contributed by atoms with Gasteiger partial charge in [0.05, 0.1) is 12.7 Å². The maximum atomic E-state index is 13.3. The summed E-state index contributed by atoms with van der Waals surface area (Å²) in [5.41, 5.74) is 0.355. The Balaban J connectivity index is 2.64. The number of carbonyl (C=O) groups is 1. The number of aromatic nitrogens is 2. The smallest absolute Gasteiger partial charge is 0.339 e. The lowest BCUT2D eigenvalue weighted by molar-refractivity contribution is 0.0599. The first-order chi connectivity index (χ1) is 6.72. The molecular weight excluding hydrogens is 187 g/mol. The maximum absolute atomic E-state index is 13.3. The first-order valence-corrected chi connectivity index (χ1v) is 3.93. The van der Waals surface area contributed by atoms with E-state index in [-0.39, 0.29) is 11.2 Å². The van der Waals surface area contributed by atoms with E-state index >= 15 is 0 Å². The van der Waals surface area contributed by atoms with E-state index < -0.39 is 11.8 Å². The Bertz CT molecular complexity index is 493. The van der Waals surface area contributed by atoms with Crippen LogP contribution < -0.4 is 0 Å².